The number of nitrogens with zero attached hydrogens (tertiary/aromatic N) is 1. The van der Waals surface area contributed by atoms with Gasteiger partial charge in [0, 0.05) is 6.08 Å². The van der Waals surface area contributed by atoms with Crippen molar-refractivity contribution in [1.82, 2.24) is 0 Å². The summed E-state index contributed by atoms with van der Waals surface area (Å²) in [4.78, 5) is 22.6. The molecule has 0 aromatic heterocycles. The molecule has 0 radical (unpaired) electrons. The van der Waals surface area contributed by atoms with E-state index < -0.39 is 10.3 Å². The Balaban J connectivity index is 1.98. The molecule has 2 aliphatic carbocycles. The Kier molecular flexibility index (Phi) is 4.94. The Morgan fingerprint density at radius 1 is 1.43 bits per heavy atom. The van der Waals surface area contributed by atoms with Crippen LogP contribution in [-0.2, 0) is 9.53 Å². The van der Waals surface area contributed by atoms with E-state index in [1.807, 2.05) is 6.08 Å². The Morgan fingerprint density at radius 3 is 2.90 bits per heavy atom. The highest BCUT2D eigenvalue weighted by Crippen LogP contribution is 2.32. The van der Waals surface area contributed by atoms with E-state index in [1.165, 1.54) is 18.6 Å². The lowest BCUT2D eigenvalue weighted by atomic mass is 9.83. The van der Waals surface area contributed by atoms with Gasteiger partial charge in [-0.2, -0.15) is 0 Å². The molecule has 114 valence electrons. The number of hydrogen-bond acceptors (Lipinski definition) is 4. The first-order valence-corrected chi connectivity index (χ1v) is 7.43. The molecule has 0 aliphatic heterocycles. The van der Waals surface area contributed by atoms with Crippen molar-refractivity contribution in [3.63, 3.8) is 0 Å². The third-order valence-electron chi connectivity index (χ3n) is 4.00. The van der Waals surface area contributed by atoms with Gasteiger partial charge in [0.1, 0.15) is 6.10 Å². The Bertz CT molecular complexity index is 506. The summed E-state index contributed by atoms with van der Waals surface area (Å²) >= 11 is 0. The summed E-state index contributed by atoms with van der Waals surface area (Å²) in [6, 6.07) is 0. The van der Waals surface area contributed by atoms with Gasteiger partial charge in [0.15, 0.2) is 0 Å². The standard InChI is InChI=1S/C16H21NO4/c1-16(11-9-13(10-12-16)17(19)20)15(18)21-14-7-5-3-2-4-6-8-14/h5,7,9-11,14H,2-4,6,8,12H2,1H3/b7-5+. The number of carbonyl (C=O) groups is 1. The first kappa shape index (κ1) is 15.5. The summed E-state index contributed by atoms with van der Waals surface area (Å²) in [6.07, 6.45) is 13.9. The number of nitro groups is 1. The lowest BCUT2D eigenvalue weighted by molar-refractivity contribution is -0.419. The van der Waals surface area contributed by atoms with Gasteiger partial charge in [-0.1, -0.05) is 18.6 Å². The average molecular weight is 291 g/mol. The maximum absolute atomic E-state index is 12.4. The van der Waals surface area contributed by atoms with E-state index in [4.69, 9.17) is 4.74 Å². The van der Waals surface area contributed by atoms with E-state index in [9.17, 15) is 14.9 Å². The minimum absolute atomic E-state index is 0.0334. The Hall–Kier alpha value is -1.91. The third-order valence-corrected chi connectivity index (χ3v) is 4.00. The number of allylic oxidation sites excluding steroid dienone is 3. The summed E-state index contributed by atoms with van der Waals surface area (Å²) < 4.78 is 5.59. The Morgan fingerprint density at radius 2 is 2.24 bits per heavy atom. The van der Waals surface area contributed by atoms with Crippen LogP contribution < -0.4 is 0 Å². The third kappa shape index (κ3) is 4.03. The topological polar surface area (TPSA) is 69.4 Å². The van der Waals surface area contributed by atoms with Crippen LogP contribution in [0.25, 0.3) is 0 Å². The molecule has 2 rings (SSSR count). The summed E-state index contributed by atoms with van der Waals surface area (Å²) in [7, 11) is 0. The van der Waals surface area contributed by atoms with Crippen molar-refractivity contribution in [3.05, 3.63) is 46.2 Å². The zero-order chi connectivity index (χ0) is 15.3. The molecule has 2 unspecified atom stereocenters. The molecule has 0 N–H and O–H groups in total. The smallest absolute Gasteiger partial charge is 0.316 e. The van der Waals surface area contributed by atoms with Crippen LogP contribution in [0.3, 0.4) is 0 Å². The molecule has 5 heteroatoms. The predicted octanol–water partition coefficient (Wildman–Crippen LogP) is 3.55. The molecule has 0 heterocycles. The largest absolute Gasteiger partial charge is 0.457 e. The number of hydrogen-bond donors (Lipinski definition) is 0. The Labute approximate surface area is 124 Å². The van der Waals surface area contributed by atoms with Crippen LogP contribution in [0.2, 0.25) is 0 Å². The first-order valence-electron chi connectivity index (χ1n) is 7.43. The van der Waals surface area contributed by atoms with Gasteiger partial charge in [-0.15, -0.1) is 0 Å². The summed E-state index contributed by atoms with van der Waals surface area (Å²) in [5.41, 5.74) is -0.776. The number of ether oxygens (including phenoxy) is 1. The van der Waals surface area contributed by atoms with E-state index in [2.05, 4.69) is 6.08 Å². The first-order chi connectivity index (χ1) is 10.0. The lowest BCUT2D eigenvalue weighted by Crippen LogP contribution is -2.32. The molecule has 0 aromatic rings. The maximum atomic E-state index is 12.4. The fourth-order valence-corrected chi connectivity index (χ4v) is 2.51. The van der Waals surface area contributed by atoms with Gasteiger partial charge < -0.3 is 4.74 Å². The molecular formula is C16H21NO4. The lowest BCUT2D eigenvalue weighted by Gasteiger charge is -2.27. The van der Waals surface area contributed by atoms with Crippen LogP contribution in [0.15, 0.2) is 36.1 Å². The van der Waals surface area contributed by atoms with E-state index >= 15 is 0 Å². The van der Waals surface area contributed by atoms with E-state index in [-0.39, 0.29) is 17.8 Å². The van der Waals surface area contributed by atoms with Crippen molar-refractivity contribution in [3.8, 4) is 0 Å². The van der Waals surface area contributed by atoms with Crippen LogP contribution >= 0.6 is 0 Å². The summed E-state index contributed by atoms with van der Waals surface area (Å²) in [5.74, 6) is -0.312. The van der Waals surface area contributed by atoms with Gasteiger partial charge in [-0.25, -0.2) is 0 Å². The van der Waals surface area contributed by atoms with Gasteiger partial charge in [0.25, 0.3) is 5.70 Å². The monoisotopic (exact) mass is 291 g/mol. The average Bonchev–Trinajstić information content (AvgIpc) is 2.42. The zero-order valence-corrected chi connectivity index (χ0v) is 12.3. The van der Waals surface area contributed by atoms with E-state index in [0.717, 1.165) is 25.7 Å². The van der Waals surface area contributed by atoms with Crippen molar-refractivity contribution in [2.45, 2.75) is 51.6 Å². The highest BCUT2D eigenvalue weighted by molar-refractivity contribution is 5.79. The van der Waals surface area contributed by atoms with Crippen molar-refractivity contribution >= 4 is 5.97 Å². The van der Waals surface area contributed by atoms with Crippen molar-refractivity contribution in [2.24, 2.45) is 5.41 Å². The van der Waals surface area contributed by atoms with Gasteiger partial charge in [0.2, 0.25) is 0 Å². The highest BCUT2D eigenvalue weighted by Gasteiger charge is 2.36. The molecule has 0 spiro atoms. The van der Waals surface area contributed by atoms with Crippen LogP contribution in [0.4, 0.5) is 0 Å². The number of esters is 1. The molecule has 2 aliphatic rings. The van der Waals surface area contributed by atoms with Gasteiger partial charge in [-0.3, -0.25) is 14.9 Å². The fourth-order valence-electron chi connectivity index (χ4n) is 2.51. The normalized spacial score (nSPS) is 30.7. The summed E-state index contributed by atoms with van der Waals surface area (Å²) in [6.45, 7) is 1.76. The molecule has 2 atom stereocenters. The maximum Gasteiger partial charge on any atom is 0.316 e. The number of rotatable bonds is 3. The van der Waals surface area contributed by atoms with Crippen molar-refractivity contribution < 1.29 is 14.5 Å². The van der Waals surface area contributed by atoms with E-state index in [1.54, 1.807) is 13.0 Å². The van der Waals surface area contributed by atoms with Crippen molar-refractivity contribution in [1.29, 1.82) is 0 Å². The molecule has 0 aromatic carbocycles. The second-order valence-electron chi connectivity index (χ2n) is 5.85. The predicted molar refractivity (Wildman–Crippen MR) is 79.0 cm³/mol. The fraction of sp³-hybridized carbons (Fsp3) is 0.562. The minimum Gasteiger partial charge on any atom is -0.457 e. The van der Waals surface area contributed by atoms with E-state index in [0.29, 0.717) is 6.42 Å². The van der Waals surface area contributed by atoms with Crippen LogP contribution in [0.1, 0.15) is 45.4 Å². The highest BCUT2D eigenvalue weighted by atomic mass is 16.6. The SMILES string of the molecule is CC1(C(=O)OC2/C=C/CCCCC2)C=CC([N+](=O)[O-])=CC1. The summed E-state index contributed by atoms with van der Waals surface area (Å²) in [5, 5.41) is 10.7. The van der Waals surface area contributed by atoms with Gasteiger partial charge >= 0.3 is 5.97 Å². The molecule has 0 saturated heterocycles. The molecule has 21 heavy (non-hydrogen) atoms. The van der Waals surface area contributed by atoms with Gasteiger partial charge in [0.05, 0.1) is 10.3 Å². The molecule has 0 saturated carbocycles. The zero-order valence-electron chi connectivity index (χ0n) is 12.3. The molecule has 0 amide bonds. The van der Waals surface area contributed by atoms with Crippen LogP contribution in [-0.4, -0.2) is 17.0 Å². The molecule has 5 nitrogen and oxygen atoms in total. The minimum atomic E-state index is -0.810. The quantitative estimate of drug-likeness (QED) is 0.345. The van der Waals surface area contributed by atoms with Gasteiger partial charge in [-0.05, 0) is 51.2 Å². The van der Waals surface area contributed by atoms with Crippen molar-refractivity contribution in [2.75, 3.05) is 0 Å². The molecular weight excluding hydrogens is 270 g/mol. The number of carbonyl (C=O) groups excluding carboxylic acids is 1. The molecule has 0 bridgehead atoms. The second-order valence-corrected chi connectivity index (χ2v) is 5.85. The van der Waals surface area contributed by atoms with Crippen LogP contribution in [0, 0.1) is 15.5 Å². The second kappa shape index (κ2) is 6.70. The molecule has 0 fully saturated rings. The van der Waals surface area contributed by atoms with Crippen LogP contribution in [0.5, 0.6) is 0 Å².